The molecule has 23 heavy (non-hydrogen) atoms. The van der Waals surface area contributed by atoms with Crippen LogP contribution in [0.2, 0.25) is 0 Å². The van der Waals surface area contributed by atoms with Crippen LogP contribution in [0.3, 0.4) is 0 Å². The highest BCUT2D eigenvalue weighted by Gasteiger charge is 2.08. The number of hydrogen-bond donors (Lipinski definition) is 2. The molecule has 5 nitrogen and oxygen atoms in total. The van der Waals surface area contributed by atoms with E-state index in [-0.39, 0.29) is 5.91 Å². The fourth-order valence-electron chi connectivity index (χ4n) is 2.08. The Labute approximate surface area is 137 Å². The first kappa shape index (κ1) is 16.9. The summed E-state index contributed by atoms with van der Waals surface area (Å²) in [5.41, 5.74) is 1.68. The number of nitrogens with one attached hydrogen (secondary N) is 2. The Balaban J connectivity index is 1.73. The second-order valence-corrected chi connectivity index (χ2v) is 5.91. The van der Waals surface area contributed by atoms with Crippen molar-refractivity contribution in [1.29, 1.82) is 0 Å². The Kier molecular flexibility index (Phi) is 6.54. The van der Waals surface area contributed by atoms with Gasteiger partial charge in [0.15, 0.2) is 0 Å². The van der Waals surface area contributed by atoms with Gasteiger partial charge in [0.25, 0.3) is 5.91 Å². The van der Waals surface area contributed by atoms with Crippen LogP contribution in [0.15, 0.2) is 42.7 Å². The molecule has 2 aromatic rings. The van der Waals surface area contributed by atoms with E-state index >= 15 is 0 Å². The van der Waals surface area contributed by atoms with Crippen molar-refractivity contribution < 1.29 is 4.79 Å². The Morgan fingerprint density at radius 3 is 2.57 bits per heavy atom. The molecule has 1 amide bonds. The summed E-state index contributed by atoms with van der Waals surface area (Å²) in [6.07, 6.45) is 5.15. The molecule has 2 N–H and O–H groups in total. The zero-order chi connectivity index (χ0) is 16.5. The number of benzene rings is 1. The molecule has 0 fully saturated rings. The molecule has 0 aliphatic heterocycles. The summed E-state index contributed by atoms with van der Waals surface area (Å²) in [6, 6.07) is 10.4. The molecule has 5 heteroatoms. The molecule has 0 unspecified atom stereocenters. The summed E-state index contributed by atoms with van der Waals surface area (Å²) in [5, 5.41) is 6.05. The zero-order valence-corrected chi connectivity index (χ0v) is 13.7. The number of anilines is 1. The molecule has 0 atom stereocenters. The van der Waals surface area contributed by atoms with Gasteiger partial charge in [-0.15, -0.1) is 0 Å². The highest BCUT2D eigenvalue weighted by atomic mass is 16.1. The molecule has 2 rings (SSSR count). The summed E-state index contributed by atoms with van der Waals surface area (Å²) in [7, 11) is 0. The van der Waals surface area contributed by atoms with Gasteiger partial charge in [-0.1, -0.05) is 44.2 Å². The summed E-state index contributed by atoms with van der Waals surface area (Å²) in [6.45, 7) is 5.56. The SMILES string of the molecule is CC(C)CNC(=O)c1cnc(NCCCc2ccccc2)cn1. The van der Waals surface area contributed by atoms with Gasteiger partial charge in [-0.25, -0.2) is 9.97 Å². The van der Waals surface area contributed by atoms with Crippen LogP contribution in [-0.2, 0) is 6.42 Å². The van der Waals surface area contributed by atoms with Crippen molar-refractivity contribution in [2.24, 2.45) is 5.92 Å². The van der Waals surface area contributed by atoms with Crippen LogP contribution < -0.4 is 10.6 Å². The number of rotatable bonds is 8. The minimum absolute atomic E-state index is 0.179. The van der Waals surface area contributed by atoms with E-state index in [4.69, 9.17) is 0 Å². The van der Waals surface area contributed by atoms with E-state index < -0.39 is 0 Å². The minimum atomic E-state index is -0.179. The first-order chi connectivity index (χ1) is 11.1. The lowest BCUT2D eigenvalue weighted by Gasteiger charge is -2.08. The molecular formula is C18H24N4O. The van der Waals surface area contributed by atoms with E-state index in [0.29, 0.717) is 24.0 Å². The maximum atomic E-state index is 11.8. The molecule has 122 valence electrons. The molecule has 0 saturated heterocycles. The maximum absolute atomic E-state index is 11.8. The van der Waals surface area contributed by atoms with Crippen molar-refractivity contribution in [3.63, 3.8) is 0 Å². The van der Waals surface area contributed by atoms with Crippen LogP contribution in [0.5, 0.6) is 0 Å². The van der Waals surface area contributed by atoms with Crippen LogP contribution >= 0.6 is 0 Å². The van der Waals surface area contributed by atoms with Gasteiger partial charge in [0, 0.05) is 13.1 Å². The Morgan fingerprint density at radius 2 is 1.91 bits per heavy atom. The largest absolute Gasteiger partial charge is 0.369 e. The standard InChI is InChI=1S/C18H24N4O/c1-14(2)11-22-18(23)16-12-21-17(13-20-16)19-10-6-9-15-7-4-3-5-8-15/h3-5,7-8,12-14H,6,9-11H2,1-2H3,(H,19,21)(H,22,23). The molecule has 1 aromatic heterocycles. The topological polar surface area (TPSA) is 66.9 Å². The first-order valence-corrected chi connectivity index (χ1v) is 8.03. The van der Waals surface area contributed by atoms with Crippen molar-refractivity contribution in [2.45, 2.75) is 26.7 Å². The van der Waals surface area contributed by atoms with Crippen molar-refractivity contribution in [3.8, 4) is 0 Å². The van der Waals surface area contributed by atoms with Gasteiger partial charge in [0.2, 0.25) is 0 Å². The minimum Gasteiger partial charge on any atom is -0.369 e. The van der Waals surface area contributed by atoms with Gasteiger partial charge >= 0.3 is 0 Å². The van der Waals surface area contributed by atoms with Crippen molar-refractivity contribution in [2.75, 3.05) is 18.4 Å². The molecule has 0 spiro atoms. The second-order valence-electron chi connectivity index (χ2n) is 5.91. The Bertz CT molecular complexity index is 596. The van der Waals surface area contributed by atoms with Gasteiger partial charge < -0.3 is 10.6 Å². The van der Waals surface area contributed by atoms with E-state index in [2.05, 4.69) is 58.7 Å². The third kappa shape index (κ3) is 6.06. The number of hydrogen-bond acceptors (Lipinski definition) is 4. The van der Waals surface area contributed by atoms with Crippen LogP contribution in [0.4, 0.5) is 5.82 Å². The molecule has 0 radical (unpaired) electrons. The molecule has 0 bridgehead atoms. The van der Waals surface area contributed by atoms with E-state index in [1.54, 1.807) is 6.20 Å². The molecule has 0 aliphatic rings. The summed E-state index contributed by atoms with van der Waals surface area (Å²) >= 11 is 0. The Hall–Kier alpha value is -2.43. The molecule has 0 saturated carbocycles. The third-order valence-electron chi connectivity index (χ3n) is 3.35. The number of carbonyl (C=O) groups is 1. The number of nitrogens with zero attached hydrogens (tertiary/aromatic N) is 2. The van der Waals surface area contributed by atoms with E-state index in [9.17, 15) is 4.79 Å². The molecular weight excluding hydrogens is 288 g/mol. The van der Waals surface area contributed by atoms with E-state index in [1.165, 1.54) is 11.8 Å². The van der Waals surface area contributed by atoms with Gasteiger partial charge in [-0.2, -0.15) is 0 Å². The van der Waals surface area contributed by atoms with Gasteiger partial charge in [0.1, 0.15) is 11.5 Å². The lowest BCUT2D eigenvalue weighted by molar-refractivity contribution is 0.0943. The monoisotopic (exact) mass is 312 g/mol. The number of amides is 1. The highest BCUT2D eigenvalue weighted by molar-refractivity contribution is 5.91. The smallest absolute Gasteiger partial charge is 0.271 e. The van der Waals surface area contributed by atoms with E-state index in [0.717, 1.165) is 19.4 Å². The third-order valence-corrected chi connectivity index (χ3v) is 3.35. The first-order valence-electron chi connectivity index (χ1n) is 8.03. The normalized spacial score (nSPS) is 10.6. The number of carbonyl (C=O) groups excluding carboxylic acids is 1. The zero-order valence-electron chi connectivity index (χ0n) is 13.7. The Morgan fingerprint density at radius 1 is 1.13 bits per heavy atom. The van der Waals surface area contributed by atoms with Gasteiger partial charge in [-0.05, 0) is 24.3 Å². The fourth-order valence-corrected chi connectivity index (χ4v) is 2.08. The second kappa shape index (κ2) is 8.88. The highest BCUT2D eigenvalue weighted by Crippen LogP contribution is 2.05. The average molecular weight is 312 g/mol. The van der Waals surface area contributed by atoms with Crippen LogP contribution in [0, 0.1) is 5.92 Å². The number of aromatic nitrogens is 2. The maximum Gasteiger partial charge on any atom is 0.271 e. The molecule has 0 aliphatic carbocycles. The fraction of sp³-hybridized carbons (Fsp3) is 0.389. The quantitative estimate of drug-likeness (QED) is 0.736. The van der Waals surface area contributed by atoms with Crippen LogP contribution in [-0.4, -0.2) is 29.0 Å². The number of aryl methyl sites for hydroxylation is 1. The lowest BCUT2D eigenvalue weighted by atomic mass is 10.1. The summed E-state index contributed by atoms with van der Waals surface area (Å²) in [4.78, 5) is 20.2. The van der Waals surface area contributed by atoms with Crippen molar-refractivity contribution in [3.05, 3.63) is 54.0 Å². The van der Waals surface area contributed by atoms with Crippen LogP contribution in [0.25, 0.3) is 0 Å². The van der Waals surface area contributed by atoms with Crippen molar-refractivity contribution >= 4 is 11.7 Å². The molecule has 1 aromatic carbocycles. The predicted octanol–water partition coefficient (Wildman–Crippen LogP) is 2.91. The van der Waals surface area contributed by atoms with Gasteiger partial charge in [-0.3, -0.25) is 4.79 Å². The van der Waals surface area contributed by atoms with Crippen molar-refractivity contribution in [1.82, 2.24) is 15.3 Å². The predicted molar refractivity (Wildman–Crippen MR) is 92.5 cm³/mol. The summed E-state index contributed by atoms with van der Waals surface area (Å²) in [5.74, 6) is 0.928. The van der Waals surface area contributed by atoms with Crippen LogP contribution in [0.1, 0.15) is 36.3 Å². The lowest BCUT2D eigenvalue weighted by Crippen LogP contribution is -2.28. The molecule has 1 heterocycles. The van der Waals surface area contributed by atoms with E-state index in [1.807, 2.05) is 6.07 Å². The summed E-state index contributed by atoms with van der Waals surface area (Å²) < 4.78 is 0. The average Bonchev–Trinajstić information content (AvgIpc) is 2.58. The van der Waals surface area contributed by atoms with Gasteiger partial charge in [0.05, 0.1) is 12.4 Å².